The fourth-order valence-corrected chi connectivity index (χ4v) is 3.62. The number of nitrogens with zero attached hydrogens (tertiary/aromatic N) is 4. The number of aryl methyl sites for hydroxylation is 1. The highest BCUT2D eigenvalue weighted by Crippen LogP contribution is 2.20. The van der Waals surface area contributed by atoms with Gasteiger partial charge in [-0.05, 0) is 18.4 Å². The third-order valence-corrected chi connectivity index (χ3v) is 5.14. The second-order valence-corrected chi connectivity index (χ2v) is 6.83. The van der Waals surface area contributed by atoms with Crippen molar-refractivity contribution in [2.45, 2.75) is 24.7 Å². The van der Waals surface area contributed by atoms with Gasteiger partial charge in [0.1, 0.15) is 5.82 Å². The summed E-state index contributed by atoms with van der Waals surface area (Å²) in [6.45, 7) is 2.24. The number of rotatable bonds is 3. The van der Waals surface area contributed by atoms with Crippen LogP contribution in [0.5, 0.6) is 0 Å². The molecule has 124 valence electrons. The van der Waals surface area contributed by atoms with Crippen molar-refractivity contribution in [3.8, 4) is 0 Å². The molecule has 3 heterocycles. The van der Waals surface area contributed by atoms with Crippen LogP contribution in [0.3, 0.4) is 0 Å². The first-order valence-electron chi connectivity index (χ1n) is 7.94. The van der Waals surface area contributed by atoms with E-state index in [4.69, 9.17) is 4.98 Å². The van der Waals surface area contributed by atoms with Crippen molar-refractivity contribution >= 4 is 22.8 Å². The fraction of sp³-hybridized carbons (Fsp3) is 0.353. The lowest BCUT2D eigenvalue weighted by atomic mass is 10.1. The maximum absolute atomic E-state index is 12.3. The number of thioether (sulfide) groups is 1. The number of fused-ring (bicyclic) bond motifs is 2. The molecule has 0 amide bonds. The fourth-order valence-electron chi connectivity index (χ4n) is 3.23. The highest BCUT2D eigenvalue weighted by atomic mass is 32.2. The van der Waals surface area contributed by atoms with Crippen LogP contribution >= 0.6 is 11.8 Å². The number of aromatic nitrogens is 4. The van der Waals surface area contributed by atoms with Crippen molar-refractivity contribution in [1.29, 1.82) is 0 Å². The number of benzene rings is 1. The maximum atomic E-state index is 12.3. The van der Waals surface area contributed by atoms with E-state index >= 15 is 0 Å². The smallest absolute Gasteiger partial charge is 0.256 e. The predicted octanol–water partition coefficient (Wildman–Crippen LogP) is 1.94. The second-order valence-electron chi connectivity index (χ2n) is 6.04. The van der Waals surface area contributed by atoms with Crippen LogP contribution in [0.15, 0.2) is 34.2 Å². The Bertz CT molecular complexity index is 961. The summed E-state index contributed by atoms with van der Waals surface area (Å²) in [4.78, 5) is 26.7. The van der Waals surface area contributed by atoms with Gasteiger partial charge >= 0.3 is 0 Å². The summed E-state index contributed by atoms with van der Waals surface area (Å²) in [5.74, 6) is 1.02. The van der Waals surface area contributed by atoms with Crippen LogP contribution in [0.25, 0.3) is 11.0 Å². The molecule has 0 radical (unpaired) electrons. The van der Waals surface area contributed by atoms with Gasteiger partial charge in [0.15, 0.2) is 5.16 Å². The molecule has 1 aliphatic heterocycles. The molecule has 2 aromatic heterocycles. The van der Waals surface area contributed by atoms with Gasteiger partial charge in [-0.2, -0.15) is 0 Å². The molecule has 0 spiro atoms. The Labute approximate surface area is 143 Å². The minimum absolute atomic E-state index is 0.0148. The highest BCUT2D eigenvalue weighted by molar-refractivity contribution is 7.98. The Morgan fingerprint density at radius 2 is 2.12 bits per heavy atom. The summed E-state index contributed by atoms with van der Waals surface area (Å²) in [6.07, 6.45) is 2.72. The zero-order valence-corrected chi connectivity index (χ0v) is 14.6. The van der Waals surface area contributed by atoms with Crippen LogP contribution < -0.4 is 5.56 Å². The lowest BCUT2D eigenvalue weighted by molar-refractivity contribution is 0.233. The molecule has 0 atom stereocenters. The number of aromatic amines is 1. The van der Waals surface area contributed by atoms with Gasteiger partial charge in [-0.15, -0.1) is 0 Å². The van der Waals surface area contributed by atoms with E-state index in [1.54, 1.807) is 0 Å². The first-order valence-corrected chi connectivity index (χ1v) is 9.17. The standard InChI is InChI=1S/C17H19N5OS/c1-21-14-6-4-3-5-13(14)18-15(21)10-22-8-7-12-11(9-22)16(23)20-17(19-12)24-2/h3-6H,7-10H2,1-2H3,(H,19,20,23). The molecule has 1 N–H and O–H groups in total. The summed E-state index contributed by atoms with van der Waals surface area (Å²) in [5, 5.41) is 0.697. The Kier molecular flexibility index (Phi) is 3.90. The largest absolute Gasteiger partial charge is 0.330 e. The van der Waals surface area contributed by atoms with E-state index in [0.717, 1.165) is 47.6 Å². The number of para-hydroxylation sites is 2. The SMILES string of the molecule is CSc1nc2c(c(=O)[nH]1)CN(Cc1nc3ccccc3n1C)CC2. The lowest BCUT2D eigenvalue weighted by Gasteiger charge is -2.27. The normalized spacial score (nSPS) is 14.9. The molecular formula is C17H19N5OS. The van der Waals surface area contributed by atoms with Crippen LogP contribution in [0.2, 0.25) is 0 Å². The minimum Gasteiger partial charge on any atom is -0.330 e. The molecule has 7 heteroatoms. The number of H-pyrrole nitrogens is 1. The van der Waals surface area contributed by atoms with E-state index in [1.165, 1.54) is 11.8 Å². The Balaban J connectivity index is 1.61. The van der Waals surface area contributed by atoms with E-state index in [1.807, 2.05) is 31.5 Å². The molecule has 0 aliphatic carbocycles. The number of nitrogens with one attached hydrogen (secondary N) is 1. The first-order chi connectivity index (χ1) is 11.7. The minimum atomic E-state index is -0.0148. The van der Waals surface area contributed by atoms with Gasteiger partial charge in [-0.25, -0.2) is 9.97 Å². The number of hydrogen-bond acceptors (Lipinski definition) is 5. The highest BCUT2D eigenvalue weighted by Gasteiger charge is 2.22. The third-order valence-electron chi connectivity index (χ3n) is 4.56. The van der Waals surface area contributed by atoms with Gasteiger partial charge in [-0.3, -0.25) is 9.69 Å². The van der Waals surface area contributed by atoms with Crippen LogP contribution in [-0.2, 0) is 26.6 Å². The average Bonchev–Trinajstić information content (AvgIpc) is 2.91. The van der Waals surface area contributed by atoms with E-state index in [9.17, 15) is 4.79 Å². The van der Waals surface area contributed by atoms with Crippen molar-refractivity contribution in [1.82, 2.24) is 24.4 Å². The zero-order valence-electron chi connectivity index (χ0n) is 13.7. The molecule has 6 nitrogen and oxygen atoms in total. The van der Waals surface area contributed by atoms with Crippen molar-refractivity contribution in [2.75, 3.05) is 12.8 Å². The summed E-state index contributed by atoms with van der Waals surface area (Å²) < 4.78 is 2.13. The molecule has 24 heavy (non-hydrogen) atoms. The lowest BCUT2D eigenvalue weighted by Crippen LogP contribution is -2.36. The van der Waals surface area contributed by atoms with E-state index in [-0.39, 0.29) is 5.56 Å². The van der Waals surface area contributed by atoms with Gasteiger partial charge in [0, 0.05) is 26.6 Å². The molecule has 0 saturated heterocycles. The van der Waals surface area contributed by atoms with Crippen LogP contribution in [0.1, 0.15) is 17.1 Å². The van der Waals surface area contributed by atoms with Gasteiger partial charge in [0.2, 0.25) is 0 Å². The first kappa shape index (κ1) is 15.4. The summed E-state index contributed by atoms with van der Waals surface area (Å²) in [6, 6.07) is 8.14. The average molecular weight is 341 g/mol. The van der Waals surface area contributed by atoms with Crippen molar-refractivity contribution in [3.63, 3.8) is 0 Å². The van der Waals surface area contributed by atoms with E-state index in [2.05, 4.69) is 25.5 Å². The summed E-state index contributed by atoms with van der Waals surface area (Å²) >= 11 is 1.47. The zero-order chi connectivity index (χ0) is 16.7. The topological polar surface area (TPSA) is 66.8 Å². The molecule has 3 aromatic rings. The van der Waals surface area contributed by atoms with Crippen molar-refractivity contribution < 1.29 is 0 Å². The predicted molar refractivity (Wildman–Crippen MR) is 95.2 cm³/mol. The molecule has 0 bridgehead atoms. The molecule has 1 aliphatic rings. The molecular weight excluding hydrogens is 322 g/mol. The Morgan fingerprint density at radius 3 is 2.92 bits per heavy atom. The quantitative estimate of drug-likeness (QED) is 0.582. The van der Waals surface area contributed by atoms with Gasteiger partial charge in [0.05, 0.1) is 28.8 Å². The van der Waals surface area contributed by atoms with Crippen LogP contribution in [0.4, 0.5) is 0 Å². The number of imidazole rings is 1. The molecule has 4 rings (SSSR count). The summed E-state index contributed by atoms with van der Waals surface area (Å²) in [7, 11) is 2.04. The third kappa shape index (κ3) is 2.63. The number of hydrogen-bond donors (Lipinski definition) is 1. The maximum Gasteiger partial charge on any atom is 0.256 e. The molecule has 0 saturated carbocycles. The summed E-state index contributed by atoms with van der Waals surface area (Å²) in [5.41, 5.74) is 3.85. The molecule has 0 fully saturated rings. The van der Waals surface area contributed by atoms with Gasteiger partial charge < -0.3 is 9.55 Å². The molecule has 0 unspecified atom stereocenters. The van der Waals surface area contributed by atoms with Crippen molar-refractivity contribution in [3.05, 3.63) is 51.7 Å². The van der Waals surface area contributed by atoms with Crippen LogP contribution in [-0.4, -0.2) is 37.2 Å². The monoisotopic (exact) mass is 341 g/mol. The van der Waals surface area contributed by atoms with Gasteiger partial charge in [-0.1, -0.05) is 23.9 Å². The van der Waals surface area contributed by atoms with Gasteiger partial charge in [0.25, 0.3) is 5.56 Å². The van der Waals surface area contributed by atoms with E-state index < -0.39 is 0 Å². The van der Waals surface area contributed by atoms with E-state index in [0.29, 0.717) is 11.7 Å². The Hall–Kier alpha value is -2.12. The molecule has 1 aromatic carbocycles. The second kappa shape index (κ2) is 6.07. The van der Waals surface area contributed by atoms with Crippen LogP contribution in [0, 0.1) is 0 Å². The van der Waals surface area contributed by atoms with Crippen molar-refractivity contribution in [2.24, 2.45) is 7.05 Å². The Morgan fingerprint density at radius 1 is 1.29 bits per heavy atom.